The molecule has 1 aromatic heterocycles. The van der Waals surface area contributed by atoms with Crippen LogP contribution in [0.2, 0.25) is 0 Å². The molecule has 6 heteroatoms. The van der Waals surface area contributed by atoms with E-state index in [2.05, 4.69) is 35.0 Å². The first kappa shape index (κ1) is 19.1. The number of hydrogen-bond donors (Lipinski definition) is 0. The summed E-state index contributed by atoms with van der Waals surface area (Å²) in [6, 6.07) is 10.3. The number of hydrogen-bond acceptors (Lipinski definition) is 4. The number of pyridine rings is 1. The monoisotopic (exact) mass is 387 g/mol. The zero-order valence-electron chi connectivity index (χ0n) is 15.8. The fraction of sp³-hybridized carbons (Fsp3) is 0.286. The Hall–Kier alpha value is -2.66. The highest BCUT2D eigenvalue weighted by Crippen LogP contribution is 2.39. The molecule has 0 bridgehead atoms. The molecule has 0 N–H and O–H groups in total. The summed E-state index contributed by atoms with van der Waals surface area (Å²) < 4.78 is 24.3. The van der Waals surface area contributed by atoms with Gasteiger partial charge >= 0.3 is 0 Å². The highest BCUT2D eigenvalue weighted by Gasteiger charge is 2.27. The number of aryl methyl sites for hydroxylation is 2. The van der Waals surface area contributed by atoms with Gasteiger partial charge in [0.2, 0.25) is 5.69 Å². The maximum Gasteiger partial charge on any atom is 0.213 e. The summed E-state index contributed by atoms with van der Waals surface area (Å²) in [6.45, 7) is 0.897. The molecule has 2 heterocycles. The van der Waals surface area contributed by atoms with Gasteiger partial charge in [-0.2, -0.15) is 4.57 Å². The van der Waals surface area contributed by atoms with Gasteiger partial charge in [0.05, 0.1) is 39.4 Å². The summed E-state index contributed by atoms with van der Waals surface area (Å²) in [5, 5.41) is 2.15. The van der Waals surface area contributed by atoms with Crippen LogP contribution in [0.5, 0.6) is 23.0 Å². The summed E-state index contributed by atoms with van der Waals surface area (Å²) >= 11 is 0. The summed E-state index contributed by atoms with van der Waals surface area (Å²) in [4.78, 5) is 0. The molecular weight excluding hydrogens is 366 g/mol. The van der Waals surface area contributed by atoms with Crippen molar-refractivity contribution in [2.45, 2.75) is 13.0 Å². The third-order valence-electron chi connectivity index (χ3n) is 5.01. The van der Waals surface area contributed by atoms with Gasteiger partial charge in [-0.3, -0.25) is 0 Å². The predicted octanol–water partition coefficient (Wildman–Crippen LogP) is 0.389. The molecule has 27 heavy (non-hydrogen) atoms. The van der Waals surface area contributed by atoms with E-state index in [9.17, 15) is 0 Å². The number of nitrogens with zero attached hydrogens (tertiary/aromatic N) is 1. The van der Waals surface area contributed by atoms with Gasteiger partial charge in [0.1, 0.15) is 0 Å². The largest absolute Gasteiger partial charge is 1.00 e. The molecule has 0 saturated heterocycles. The second-order valence-electron chi connectivity index (χ2n) is 6.27. The van der Waals surface area contributed by atoms with Crippen LogP contribution in [0.4, 0.5) is 0 Å². The third kappa shape index (κ3) is 3.02. The van der Waals surface area contributed by atoms with E-state index in [0.717, 1.165) is 52.4 Å². The van der Waals surface area contributed by atoms with Crippen LogP contribution in [-0.2, 0) is 13.0 Å². The van der Waals surface area contributed by atoms with Gasteiger partial charge in [0.25, 0.3) is 0 Å². The lowest BCUT2D eigenvalue weighted by Crippen LogP contribution is -3.00. The van der Waals surface area contributed by atoms with Crippen molar-refractivity contribution in [1.82, 2.24) is 0 Å². The molecule has 142 valence electrons. The summed E-state index contributed by atoms with van der Waals surface area (Å²) in [6.07, 6.45) is 3.08. The lowest BCUT2D eigenvalue weighted by Gasteiger charge is -2.19. The first-order valence-corrected chi connectivity index (χ1v) is 8.53. The van der Waals surface area contributed by atoms with Crippen molar-refractivity contribution in [3.05, 3.63) is 42.1 Å². The molecule has 3 aromatic rings. The average Bonchev–Trinajstić information content (AvgIpc) is 2.70. The van der Waals surface area contributed by atoms with Crippen LogP contribution in [0.1, 0.15) is 5.56 Å². The molecule has 0 aliphatic carbocycles. The number of methoxy groups -OCH3 is 4. The molecule has 0 unspecified atom stereocenters. The Kier molecular flexibility index (Phi) is 5.33. The molecule has 0 fully saturated rings. The lowest BCUT2D eigenvalue weighted by atomic mass is 9.95. The molecule has 1 aliphatic rings. The lowest BCUT2D eigenvalue weighted by molar-refractivity contribution is -0.686. The first-order valence-electron chi connectivity index (χ1n) is 8.53. The number of rotatable bonds is 4. The minimum absolute atomic E-state index is 0. The molecule has 0 amide bonds. The van der Waals surface area contributed by atoms with E-state index in [4.69, 9.17) is 18.9 Å². The van der Waals surface area contributed by atoms with Gasteiger partial charge in [-0.15, -0.1) is 0 Å². The second kappa shape index (κ2) is 7.53. The number of benzene rings is 2. The van der Waals surface area contributed by atoms with Gasteiger partial charge in [-0.25, -0.2) is 0 Å². The van der Waals surface area contributed by atoms with Crippen molar-refractivity contribution in [1.29, 1.82) is 0 Å². The van der Waals surface area contributed by atoms with Crippen LogP contribution in [0.15, 0.2) is 36.5 Å². The van der Waals surface area contributed by atoms with Gasteiger partial charge < -0.3 is 31.4 Å². The van der Waals surface area contributed by atoms with Crippen molar-refractivity contribution in [3.8, 4) is 34.3 Å². The Bertz CT molecular complexity index is 1000. The van der Waals surface area contributed by atoms with Gasteiger partial charge in [-0.05, 0) is 35.2 Å². The molecule has 4 rings (SSSR count). The molecular formula is C21H22ClNO4. The van der Waals surface area contributed by atoms with E-state index in [-0.39, 0.29) is 12.4 Å². The normalized spacial score (nSPS) is 11.9. The van der Waals surface area contributed by atoms with Gasteiger partial charge in [0.15, 0.2) is 35.7 Å². The van der Waals surface area contributed by atoms with Crippen molar-refractivity contribution >= 4 is 10.8 Å². The van der Waals surface area contributed by atoms with Gasteiger partial charge in [-0.1, -0.05) is 0 Å². The second-order valence-corrected chi connectivity index (χ2v) is 6.27. The zero-order chi connectivity index (χ0) is 18.3. The molecule has 2 aromatic carbocycles. The maximum atomic E-state index is 5.60. The van der Waals surface area contributed by atoms with Crippen LogP contribution in [0.25, 0.3) is 22.0 Å². The summed E-state index contributed by atoms with van der Waals surface area (Å²) in [5.41, 5.74) is 3.60. The van der Waals surface area contributed by atoms with Crippen molar-refractivity contribution < 1.29 is 35.9 Å². The molecule has 0 radical (unpaired) electrons. The number of aromatic nitrogens is 1. The molecule has 1 aliphatic heterocycles. The van der Waals surface area contributed by atoms with Crippen LogP contribution >= 0.6 is 0 Å². The van der Waals surface area contributed by atoms with Crippen molar-refractivity contribution in [2.75, 3.05) is 28.4 Å². The Morgan fingerprint density at radius 2 is 1.52 bits per heavy atom. The highest BCUT2D eigenvalue weighted by atomic mass is 35.5. The standard InChI is InChI=1S/C21H22NO4.ClH/c1-23-18-6-5-13-9-17-15-11-20(25-3)19(24-2)10-14(15)7-8-22(17)12-16(13)21(18)26-4;/h5-6,9-12H,7-8H2,1-4H3;1H/q+1;/p-1. The van der Waals surface area contributed by atoms with E-state index in [1.807, 2.05) is 6.07 Å². The van der Waals surface area contributed by atoms with E-state index in [0.29, 0.717) is 0 Å². The third-order valence-corrected chi connectivity index (χ3v) is 5.01. The fourth-order valence-corrected chi connectivity index (χ4v) is 3.71. The zero-order valence-corrected chi connectivity index (χ0v) is 16.6. The number of ether oxygens (including phenoxy) is 4. The quantitative estimate of drug-likeness (QED) is 0.607. The van der Waals surface area contributed by atoms with Crippen LogP contribution in [0, 0.1) is 0 Å². The van der Waals surface area contributed by atoms with Crippen molar-refractivity contribution in [3.63, 3.8) is 0 Å². The first-order chi connectivity index (χ1) is 12.7. The minimum Gasteiger partial charge on any atom is -1.00 e. The Morgan fingerprint density at radius 1 is 0.815 bits per heavy atom. The molecule has 0 atom stereocenters. The molecule has 0 spiro atoms. The number of halogens is 1. The molecule has 5 nitrogen and oxygen atoms in total. The van der Waals surface area contributed by atoms with Crippen LogP contribution < -0.4 is 35.9 Å². The highest BCUT2D eigenvalue weighted by molar-refractivity contribution is 5.91. The number of fused-ring (bicyclic) bond motifs is 4. The van der Waals surface area contributed by atoms with Crippen LogP contribution in [-0.4, -0.2) is 28.4 Å². The Balaban J connectivity index is 0.00000210. The van der Waals surface area contributed by atoms with E-state index in [1.54, 1.807) is 28.4 Å². The van der Waals surface area contributed by atoms with Crippen LogP contribution in [0.3, 0.4) is 0 Å². The van der Waals surface area contributed by atoms with Gasteiger partial charge in [0, 0.05) is 12.5 Å². The van der Waals surface area contributed by atoms with E-state index in [1.165, 1.54) is 11.1 Å². The maximum absolute atomic E-state index is 5.60. The Morgan fingerprint density at radius 3 is 2.19 bits per heavy atom. The van der Waals surface area contributed by atoms with E-state index < -0.39 is 0 Å². The average molecular weight is 388 g/mol. The smallest absolute Gasteiger partial charge is 0.213 e. The summed E-state index contributed by atoms with van der Waals surface area (Å²) in [5.74, 6) is 3.01. The Labute approximate surface area is 164 Å². The molecule has 0 saturated carbocycles. The minimum atomic E-state index is 0. The topological polar surface area (TPSA) is 40.8 Å². The van der Waals surface area contributed by atoms with E-state index >= 15 is 0 Å². The fourth-order valence-electron chi connectivity index (χ4n) is 3.71. The van der Waals surface area contributed by atoms with Crippen molar-refractivity contribution in [2.24, 2.45) is 0 Å². The SMILES string of the molecule is COc1cc2c(cc1OC)-c1cc3ccc(OC)c(OC)c3c[n+]1CC2.[Cl-]. The predicted molar refractivity (Wildman–Crippen MR) is 99.5 cm³/mol. The summed E-state index contributed by atoms with van der Waals surface area (Å²) in [7, 11) is 6.67.